The van der Waals surface area contributed by atoms with E-state index in [4.69, 9.17) is 18.9 Å². The van der Waals surface area contributed by atoms with Crippen LogP contribution in [0.1, 0.15) is 30.4 Å². The molecule has 4 heteroatoms. The Morgan fingerprint density at radius 2 is 1.22 bits per heavy atom. The quantitative estimate of drug-likeness (QED) is 0.656. The molecule has 4 aliphatic rings. The molecule has 23 heavy (non-hydrogen) atoms. The fraction of sp³-hybridized carbons (Fsp3) is 0.684. The van der Waals surface area contributed by atoms with Crippen LogP contribution in [0.2, 0.25) is 0 Å². The lowest BCUT2D eigenvalue weighted by Crippen LogP contribution is -2.33. The van der Waals surface area contributed by atoms with Gasteiger partial charge in [-0.25, -0.2) is 0 Å². The minimum Gasteiger partial charge on any atom is -0.373 e. The molecule has 0 amide bonds. The van der Waals surface area contributed by atoms with Gasteiger partial charge in [0.1, 0.15) is 0 Å². The Bertz CT molecular complexity index is 534. The van der Waals surface area contributed by atoms with Crippen molar-refractivity contribution in [1.82, 2.24) is 0 Å². The highest BCUT2D eigenvalue weighted by molar-refractivity contribution is 5.37. The van der Waals surface area contributed by atoms with E-state index < -0.39 is 0 Å². The molecule has 4 atom stereocenters. The molecule has 0 bridgehead atoms. The highest BCUT2D eigenvalue weighted by Gasteiger charge is 2.47. The molecule has 0 aromatic heterocycles. The number of hydrogen-bond donors (Lipinski definition) is 0. The molecule has 4 heterocycles. The van der Waals surface area contributed by atoms with E-state index in [9.17, 15) is 0 Å². The van der Waals surface area contributed by atoms with Gasteiger partial charge in [0.15, 0.2) is 0 Å². The second-order valence-corrected chi connectivity index (χ2v) is 7.58. The van der Waals surface area contributed by atoms with Gasteiger partial charge in [0.25, 0.3) is 0 Å². The van der Waals surface area contributed by atoms with E-state index in [0.29, 0.717) is 24.4 Å². The zero-order valence-electron chi connectivity index (χ0n) is 13.4. The molecule has 4 fully saturated rings. The number of benzene rings is 1. The minimum absolute atomic E-state index is 0.120. The highest BCUT2D eigenvalue weighted by Crippen LogP contribution is 2.47. The molecule has 124 valence electrons. The van der Waals surface area contributed by atoms with Crippen molar-refractivity contribution in [3.8, 4) is 0 Å². The van der Waals surface area contributed by atoms with Crippen molar-refractivity contribution in [2.45, 2.75) is 55.5 Å². The Labute approximate surface area is 137 Å². The fourth-order valence-corrected chi connectivity index (χ4v) is 4.09. The highest BCUT2D eigenvalue weighted by atomic mass is 16.6. The average molecular weight is 316 g/mol. The van der Waals surface area contributed by atoms with Crippen molar-refractivity contribution < 1.29 is 18.9 Å². The predicted octanol–water partition coefficient (Wildman–Crippen LogP) is 2.23. The maximum absolute atomic E-state index is 5.62. The first kappa shape index (κ1) is 14.4. The number of hydrogen-bond acceptors (Lipinski definition) is 4. The maximum Gasteiger partial charge on any atom is 0.0850 e. The van der Waals surface area contributed by atoms with Gasteiger partial charge in [0.2, 0.25) is 0 Å². The molecule has 1 aromatic carbocycles. The van der Waals surface area contributed by atoms with E-state index in [2.05, 4.69) is 24.3 Å². The summed E-state index contributed by atoms with van der Waals surface area (Å²) in [6, 6.07) is 8.93. The van der Waals surface area contributed by atoms with E-state index in [1.54, 1.807) is 0 Å². The third kappa shape index (κ3) is 3.45. The summed E-state index contributed by atoms with van der Waals surface area (Å²) in [5.74, 6) is 0. The first-order valence-electron chi connectivity index (χ1n) is 8.86. The van der Waals surface area contributed by atoms with E-state index in [1.807, 2.05) is 0 Å². The number of rotatable bonds is 9. The standard InChI is InChI=1S/C19H24O4/c1-2-4-18(13(3-1)5-14-9-20-14)19(6-15-10-21-15,7-16-11-22-16)8-17-12-23-17/h1-4,14-17H,5-12H2. The Morgan fingerprint density at radius 3 is 1.70 bits per heavy atom. The summed E-state index contributed by atoms with van der Waals surface area (Å²) in [6.45, 7) is 3.64. The average Bonchev–Trinajstić information content (AvgIpc) is 3.37. The Hall–Kier alpha value is -0.940. The summed E-state index contributed by atoms with van der Waals surface area (Å²) in [6.07, 6.45) is 5.97. The van der Waals surface area contributed by atoms with Gasteiger partial charge in [-0.1, -0.05) is 24.3 Å². The molecule has 0 spiro atoms. The lowest BCUT2D eigenvalue weighted by molar-refractivity contribution is 0.231. The van der Waals surface area contributed by atoms with Crippen molar-refractivity contribution in [3.63, 3.8) is 0 Å². The molecule has 4 nitrogen and oxygen atoms in total. The molecule has 0 radical (unpaired) electrons. The monoisotopic (exact) mass is 316 g/mol. The summed E-state index contributed by atoms with van der Waals surface area (Å²) in [4.78, 5) is 0. The van der Waals surface area contributed by atoms with Crippen LogP contribution in [0.5, 0.6) is 0 Å². The van der Waals surface area contributed by atoms with Crippen molar-refractivity contribution in [1.29, 1.82) is 0 Å². The zero-order valence-corrected chi connectivity index (χ0v) is 13.4. The number of epoxide rings is 4. The Morgan fingerprint density at radius 1 is 0.739 bits per heavy atom. The summed E-state index contributed by atoms with van der Waals surface area (Å²) in [5, 5.41) is 0. The molecule has 4 unspecified atom stereocenters. The topological polar surface area (TPSA) is 50.1 Å². The van der Waals surface area contributed by atoms with E-state index >= 15 is 0 Å². The second kappa shape index (κ2) is 5.55. The largest absolute Gasteiger partial charge is 0.373 e. The first-order valence-corrected chi connectivity index (χ1v) is 8.86. The van der Waals surface area contributed by atoms with Crippen LogP contribution in [0.4, 0.5) is 0 Å². The van der Waals surface area contributed by atoms with Crippen LogP contribution in [0.3, 0.4) is 0 Å². The Kier molecular flexibility index (Phi) is 3.48. The van der Waals surface area contributed by atoms with E-state index in [1.165, 1.54) is 11.1 Å². The van der Waals surface area contributed by atoms with Crippen LogP contribution < -0.4 is 0 Å². The van der Waals surface area contributed by atoms with Gasteiger partial charge in [-0.05, 0) is 30.4 Å². The summed E-state index contributed by atoms with van der Waals surface area (Å²) < 4.78 is 22.3. The third-order valence-corrected chi connectivity index (χ3v) is 5.50. The molecule has 4 aliphatic heterocycles. The molecule has 5 rings (SSSR count). The van der Waals surface area contributed by atoms with Gasteiger partial charge >= 0.3 is 0 Å². The van der Waals surface area contributed by atoms with Crippen LogP contribution in [-0.4, -0.2) is 50.8 Å². The van der Waals surface area contributed by atoms with Crippen LogP contribution in [0, 0.1) is 0 Å². The fourth-order valence-electron chi connectivity index (χ4n) is 4.09. The Balaban J connectivity index is 1.50. The van der Waals surface area contributed by atoms with Gasteiger partial charge in [0.05, 0.1) is 50.8 Å². The molecular formula is C19H24O4. The first-order chi connectivity index (χ1) is 11.3. The molecule has 4 saturated heterocycles. The SMILES string of the molecule is c1ccc(C(CC2CO2)(CC2CO2)CC2CO2)c(CC2CO2)c1. The predicted molar refractivity (Wildman–Crippen MR) is 84.6 cm³/mol. The molecule has 0 N–H and O–H groups in total. The van der Waals surface area contributed by atoms with Crippen molar-refractivity contribution >= 4 is 0 Å². The van der Waals surface area contributed by atoms with Gasteiger partial charge in [-0.3, -0.25) is 0 Å². The number of ether oxygens (including phenoxy) is 4. The van der Waals surface area contributed by atoms with Crippen LogP contribution in [0.25, 0.3) is 0 Å². The summed E-state index contributed by atoms with van der Waals surface area (Å²) in [5.41, 5.74) is 3.04. The smallest absolute Gasteiger partial charge is 0.0850 e. The van der Waals surface area contributed by atoms with Crippen LogP contribution in [0.15, 0.2) is 24.3 Å². The van der Waals surface area contributed by atoms with Crippen LogP contribution >= 0.6 is 0 Å². The van der Waals surface area contributed by atoms with Crippen molar-refractivity contribution in [3.05, 3.63) is 35.4 Å². The van der Waals surface area contributed by atoms with Gasteiger partial charge < -0.3 is 18.9 Å². The summed E-state index contributed by atoms with van der Waals surface area (Å²) in [7, 11) is 0. The molecular weight excluding hydrogens is 292 g/mol. The second-order valence-electron chi connectivity index (χ2n) is 7.58. The van der Waals surface area contributed by atoms with Gasteiger partial charge in [-0.15, -0.1) is 0 Å². The maximum atomic E-state index is 5.62. The minimum atomic E-state index is 0.120. The lowest BCUT2D eigenvalue weighted by atomic mass is 9.68. The summed E-state index contributed by atoms with van der Waals surface area (Å²) >= 11 is 0. The molecule has 0 saturated carbocycles. The molecule has 0 aliphatic carbocycles. The van der Waals surface area contributed by atoms with Gasteiger partial charge in [-0.2, -0.15) is 0 Å². The lowest BCUT2D eigenvalue weighted by Gasteiger charge is -2.35. The van der Waals surface area contributed by atoms with Crippen LogP contribution in [-0.2, 0) is 30.8 Å². The van der Waals surface area contributed by atoms with E-state index in [-0.39, 0.29) is 5.41 Å². The molecule has 1 aromatic rings. The van der Waals surface area contributed by atoms with E-state index in [0.717, 1.165) is 52.1 Å². The zero-order chi connectivity index (χ0) is 15.3. The normalized spacial score (nSPS) is 36.3. The van der Waals surface area contributed by atoms with Crippen molar-refractivity contribution in [2.75, 3.05) is 26.4 Å². The van der Waals surface area contributed by atoms with Gasteiger partial charge in [0, 0.05) is 11.8 Å². The van der Waals surface area contributed by atoms with Crippen molar-refractivity contribution in [2.24, 2.45) is 0 Å². The third-order valence-electron chi connectivity index (χ3n) is 5.50.